The van der Waals surface area contributed by atoms with Crippen molar-refractivity contribution in [1.29, 1.82) is 0 Å². The minimum atomic E-state index is 0.616. The van der Waals surface area contributed by atoms with Crippen LogP contribution in [0.25, 0.3) is 0 Å². The van der Waals surface area contributed by atoms with Gasteiger partial charge in [0.2, 0.25) is 0 Å². The summed E-state index contributed by atoms with van der Waals surface area (Å²) in [5.41, 5.74) is 5.38. The van der Waals surface area contributed by atoms with Crippen molar-refractivity contribution in [1.82, 2.24) is 0 Å². The Morgan fingerprint density at radius 1 is 1.57 bits per heavy atom. The first-order valence-corrected chi connectivity index (χ1v) is 3.24. The molecule has 0 aromatic heterocycles. The van der Waals surface area contributed by atoms with Crippen LogP contribution < -0.4 is 5.73 Å². The predicted octanol–water partition coefficient (Wildman–Crippen LogP) is 0.654. The van der Waals surface area contributed by atoms with Crippen LogP contribution in [0.15, 0.2) is 0 Å². The van der Waals surface area contributed by atoms with Crippen LogP contribution in [-0.4, -0.2) is 11.8 Å². The fraction of sp³-hybridized carbons (Fsp3) is 1.00. The van der Waals surface area contributed by atoms with Gasteiger partial charge in [0.25, 0.3) is 0 Å². The van der Waals surface area contributed by atoms with Crippen LogP contribution in [0.3, 0.4) is 0 Å². The van der Waals surface area contributed by atoms with Crippen LogP contribution in [0.4, 0.5) is 0 Å². The minimum absolute atomic E-state index is 0.616. The summed E-state index contributed by atoms with van der Waals surface area (Å²) in [5.74, 6) is 0.725. The second-order valence-corrected chi connectivity index (χ2v) is 2.80. The highest BCUT2D eigenvalue weighted by molar-refractivity contribution is 7.81. The van der Waals surface area contributed by atoms with Gasteiger partial charge in [0.05, 0.1) is 0 Å². The van der Waals surface area contributed by atoms with E-state index in [1.165, 1.54) is 12.8 Å². The maximum atomic E-state index is 5.38. The Kier molecular flexibility index (Phi) is 1.60. The molecule has 1 aliphatic carbocycles. The Labute approximate surface area is 49.7 Å². The highest BCUT2D eigenvalue weighted by Gasteiger charge is 2.25. The van der Waals surface area contributed by atoms with Crippen LogP contribution in [0.2, 0.25) is 0 Å². The third-order valence-electron chi connectivity index (χ3n) is 1.68. The van der Waals surface area contributed by atoms with Crippen LogP contribution >= 0.6 is 12.6 Å². The molecule has 2 atom stereocenters. The van der Waals surface area contributed by atoms with Gasteiger partial charge in [-0.25, -0.2) is 0 Å². The third kappa shape index (κ3) is 0.916. The number of hydrogen-bond donors (Lipinski definition) is 2. The molecule has 42 valence electrons. The van der Waals surface area contributed by atoms with Gasteiger partial charge in [-0.15, -0.1) is 0 Å². The van der Waals surface area contributed by atoms with Gasteiger partial charge < -0.3 is 5.73 Å². The van der Waals surface area contributed by atoms with Gasteiger partial charge in [0.15, 0.2) is 0 Å². The Bertz CT molecular complexity index is 63.1. The second kappa shape index (κ2) is 2.05. The lowest BCUT2D eigenvalue weighted by molar-refractivity contribution is 0.343. The molecule has 0 bridgehead atoms. The quantitative estimate of drug-likeness (QED) is 0.485. The number of rotatable bonds is 1. The van der Waals surface area contributed by atoms with Crippen molar-refractivity contribution in [3.63, 3.8) is 0 Å². The third-order valence-corrected chi connectivity index (χ3v) is 2.36. The molecule has 2 N–H and O–H groups in total. The van der Waals surface area contributed by atoms with Crippen molar-refractivity contribution >= 4 is 12.6 Å². The van der Waals surface area contributed by atoms with Crippen molar-refractivity contribution < 1.29 is 0 Å². The van der Waals surface area contributed by atoms with Crippen LogP contribution in [0.5, 0.6) is 0 Å². The zero-order valence-corrected chi connectivity index (χ0v) is 5.20. The summed E-state index contributed by atoms with van der Waals surface area (Å²) in [6, 6.07) is 0. The Balaban J connectivity index is 2.16. The van der Waals surface area contributed by atoms with Crippen molar-refractivity contribution in [3.8, 4) is 0 Å². The van der Waals surface area contributed by atoms with E-state index in [1.807, 2.05) is 0 Å². The van der Waals surface area contributed by atoms with E-state index in [9.17, 15) is 0 Å². The van der Waals surface area contributed by atoms with Gasteiger partial charge in [-0.2, -0.15) is 12.6 Å². The van der Waals surface area contributed by atoms with Gasteiger partial charge in [-0.05, 0) is 25.3 Å². The van der Waals surface area contributed by atoms with Crippen molar-refractivity contribution in [2.75, 3.05) is 6.54 Å². The minimum Gasteiger partial charge on any atom is -0.330 e. The molecule has 0 aromatic carbocycles. The largest absolute Gasteiger partial charge is 0.330 e. The lowest BCUT2D eigenvalue weighted by atomic mass is 9.85. The molecule has 1 aliphatic rings. The lowest BCUT2D eigenvalue weighted by Gasteiger charge is -2.31. The lowest BCUT2D eigenvalue weighted by Crippen LogP contribution is -2.32. The molecular weight excluding hydrogens is 106 g/mol. The summed E-state index contributed by atoms with van der Waals surface area (Å²) in [5, 5.41) is 0.616. The van der Waals surface area contributed by atoms with E-state index in [2.05, 4.69) is 12.6 Å². The maximum absolute atomic E-state index is 5.38. The molecule has 0 heterocycles. The van der Waals surface area contributed by atoms with E-state index in [0.717, 1.165) is 12.5 Å². The standard InChI is InChI=1S/C5H11NS/c6-3-4-1-2-5(4)7/h4-5,7H,1-3,6H2/t4-,5+/m0/s1. The summed E-state index contributed by atoms with van der Waals surface area (Å²) < 4.78 is 0. The number of hydrogen-bond acceptors (Lipinski definition) is 2. The summed E-state index contributed by atoms with van der Waals surface area (Å²) in [6.07, 6.45) is 2.57. The van der Waals surface area contributed by atoms with Crippen LogP contribution in [-0.2, 0) is 0 Å². The zero-order valence-electron chi connectivity index (χ0n) is 4.30. The topological polar surface area (TPSA) is 26.0 Å². The molecule has 7 heavy (non-hydrogen) atoms. The summed E-state index contributed by atoms with van der Waals surface area (Å²) in [6.45, 7) is 0.828. The average molecular weight is 117 g/mol. The second-order valence-electron chi connectivity index (χ2n) is 2.14. The molecule has 0 radical (unpaired) electrons. The molecule has 0 aliphatic heterocycles. The van der Waals surface area contributed by atoms with Crippen molar-refractivity contribution in [2.24, 2.45) is 11.7 Å². The van der Waals surface area contributed by atoms with E-state index >= 15 is 0 Å². The Morgan fingerprint density at radius 3 is 2.29 bits per heavy atom. The van der Waals surface area contributed by atoms with Gasteiger partial charge >= 0.3 is 0 Å². The molecule has 0 unspecified atom stereocenters. The molecule has 1 saturated carbocycles. The molecule has 0 spiro atoms. The molecule has 2 heteroatoms. The van der Waals surface area contributed by atoms with E-state index in [4.69, 9.17) is 5.73 Å². The average Bonchev–Trinajstić information content (AvgIpc) is 1.65. The monoisotopic (exact) mass is 117 g/mol. The van der Waals surface area contributed by atoms with Crippen molar-refractivity contribution in [2.45, 2.75) is 18.1 Å². The highest BCUT2D eigenvalue weighted by atomic mass is 32.1. The van der Waals surface area contributed by atoms with E-state index < -0.39 is 0 Å². The van der Waals surface area contributed by atoms with Gasteiger partial charge in [-0.3, -0.25) is 0 Å². The summed E-state index contributed by atoms with van der Waals surface area (Å²) in [7, 11) is 0. The highest BCUT2D eigenvalue weighted by Crippen LogP contribution is 2.30. The normalized spacial score (nSPS) is 40.3. The molecule has 1 fully saturated rings. The molecule has 0 aromatic rings. The van der Waals surface area contributed by atoms with E-state index in [-0.39, 0.29) is 0 Å². The predicted molar refractivity (Wildman–Crippen MR) is 34.6 cm³/mol. The number of thiol groups is 1. The Hall–Kier alpha value is 0.310. The van der Waals surface area contributed by atoms with Crippen LogP contribution in [0.1, 0.15) is 12.8 Å². The van der Waals surface area contributed by atoms with Gasteiger partial charge in [0, 0.05) is 5.25 Å². The zero-order chi connectivity index (χ0) is 5.28. The molecule has 0 amide bonds. The molecular formula is C5H11NS. The molecule has 0 saturated heterocycles. The Morgan fingerprint density at radius 2 is 2.29 bits per heavy atom. The fourth-order valence-electron chi connectivity index (χ4n) is 0.826. The maximum Gasteiger partial charge on any atom is 0.00572 e. The van der Waals surface area contributed by atoms with Gasteiger partial charge in [-0.1, -0.05) is 0 Å². The summed E-state index contributed by atoms with van der Waals surface area (Å²) in [4.78, 5) is 0. The smallest absolute Gasteiger partial charge is 0.00572 e. The van der Waals surface area contributed by atoms with E-state index in [0.29, 0.717) is 5.25 Å². The first kappa shape index (κ1) is 5.45. The van der Waals surface area contributed by atoms with Crippen molar-refractivity contribution in [3.05, 3.63) is 0 Å². The first-order chi connectivity index (χ1) is 3.34. The van der Waals surface area contributed by atoms with E-state index in [1.54, 1.807) is 0 Å². The van der Waals surface area contributed by atoms with Crippen LogP contribution in [0, 0.1) is 5.92 Å². The SMILES string of the molecule is NC[C@@H]1CC[C@H]1S. The molecule has 1 nitrogen and oxygen atoms in total. The molecule has 1 rings (SSSR count). The fourth-order valence-corrected chi connectivity index (χ4v) is 1.25. The summed E-state index contributed by atoms with van der Waals surface area (Å²) >= 11 is 4.28. The van der Waals surface area contributed by atoms with Gasteiger partial charge in [0.1, 0.15) is 0 Å². The first-order valence-electron chi connectivity index (χ1n) is 2.72. The number of nitrogens with two attached hydrogens (primary N) is 1.